The minimum absolute atomic E-state index is 0.0287. The number of rotatable bonds is 10. The van der Waals surface area contributed by atoms with Crippen LogP contribution in [0.25, 0.3) is 0 Å². The summed E-state index contributed by atoms with van der Waals surface area (Å²) >= 11 is 0. The van der Waals surface area contributed by atoms with E-state index in [0.717, 1.165) is 12.0 Å². The fourth-order valence-electron chi connectivity index (χ4n) is 5.45. The zero-order valence-corrected chi connectivity index (χ0v) is 25.4. The summed E-state index contributed by atoms with van der Waals surface area (Å²) in [6.07, 6.45) is 7.63. The normalized spacial score (nSPS) is 36.0. The lowest BCUT2D eigenvalue weighted by Crippen LogP contribution is -2.44. The molecule has 1 fully saturated rings. The molecule has 4 N–H and O–H groups in total. The third-order valence-corrected chi connectivity index (χ3v) is 8.25. The average Bonchev–Trinajstić information content (AvgIpc) is 3.68. The maximum Gasteiger partial charge on any atom is 0.303 e. The van der Waals surface area contributed by atoms with Crippen LogP contribution in [0.3, 0.4) is 0 Å². The third-order valence-electron chi connectivity index (χ3n) is 8.25. The maximum atomic E-state index is 12.7. The number of esters is 1. The number of epoxide rings is 1. The van der Waals surface area contributed by atoms with Gasteiger partial charge >= 0.3 is 5.97 Å². The van der Waals surface area contributed by atoms with Gasteiger partial charge in [-0.05, 0) is 45.1 Å². The Morgan fingerprint density at radius 2 is 1.95 bits per heavy atom. The monoisotopic (exact) mass is 565 g/mol. The summed E-state index contributed by atoms with van der Waals surface area (Å²) in [4.78, 5) is 24.4. The smallest absolute Gasteiger partial charge is 0.303 e. The molecular formula is C31H51NO8. The van der Waals surface area contributed by atoms with Gasteiger partial charge in [0, 0.05) is 25.9 Å². The third kappa shape index (κ3) is 9.80. The topological polar surface area (TPSA) is 138 Å². The molecule has 0 aromatic rings. The Hall–Kier alpha value is -2.04. The van der Waals surface area contributed by atoms with Gasteiger partial charge in [0.25, 0.3) is 0 Å². The summed E-state index contributed by atoms with van der Waals surface area (Å²) in [6.45, 7) is 12.8. The van der Waals surface area contributed by atoms with Gasteiger partial charge in [-0.25, -0.2) is 0 Å². The summed E-state index contributed by atoms with van der Waals surface area (Å²) in [6, 6.07) is -0.403. The van der Waals surface area contributed by atoms with E-state index in [0.29, 0.717) is 0 Å². The summed E-state index contributed by atoms with van der Waals surface area (Å²) < 4.78 is 16.7. The number of carbonyl (C=O) groups excluding carboxylic acids is 2. The number of ether oxygens (including phenoxy) is 3. The minimum atomic E-state index is -1.40. The number of methoxy groups -OCH3 is 1. The molecule has 40 heavy (non-hydrogen) atoms. The Kier molecular flexibility index (Phi) is 13.0. The van der Waals surface area contributed by atoms with Crippen LogP contribution < -0.4 is 5.32 Å². The highest BCUT2D eigenvalue weighted by Crippen LogP contribution is 2.37. The fourth-order valence-corrected chi connectivity index (χ4v) is 5.45. The van der Waals surface area contributed by atoms with Gasteiger partial charge in [-0.3, -0.25) is 9.59 Å². The molecule has 9 unspecified atom stereocenters. The average molecular weight is 566 g/mol. The van der Waals surface area contributed by atoms with E-state index in [1.54, 1.807) is 20.1 Å². The summed E-state index contributed by atoms with van der Waals surface area (Å²) in [5, 5.41) is 35.2. The summed E-state index contributed by atoms with van der Waals surface area (Å²) in [7, 11) is 1.70. The van der Waals surface area contributed by atoms with Crippen molar-refractivity contribution in [1.29, 1.82) is 0 Å². The maximum absolute atomic E-state index is 12.7. The zero-order chi connectivity index (χ0) is 30.2. The van der Waals surface area contributed by atoms with Crippen LogP contribution in [0.5, 0.6) is 0 Å². The van der Waals surface area contributed by atoms with Crippen molar-refractivity contribution in [2.45, 2.75) is 122 Å². The van der Waals surface area contributed by atoms with Crippen LogP contribution >= 0.6 is 0 Å². The quantitative estimate of drug-likeness (QED) is 0.137. The second kappa shape index (κ2) is 15.3. The van der Waals surface area contributed by atoms with Gasteiger partial charge in [0.2, 0.25) is 5.91 Å². The van der Waals surface area contributed by atoms with Crippen molar-refractivity contribution in [1.82, 2.24) is 5.32 Å². The van der Waals surface area contributed by atoms with Crippen molar-refractivity contribution in [3.05, 3.63) is 36.0 Å². The number of aliphatic hydroxyl groups is 3. The zero-order valence-electron chi connectivity index (χ0n) is 25.4. The SMILES string of the molecule is CCC(OC)C(C)C1OC1C(O)C(C)/C=C/C=C(\C)[C@H]1NC(=O)CC(O)CCC(C)(O)C(OC(C)=O)/C=C/[C@@H]1C. The first-order chi connectivity index (χ1) is 18.7. The van der Waals surface area contributed by atoms with Crippen LogP contribution in [-0.4, -0.2) is 82.6 Å². The molecule has 2 heterocycles. The molecule has 1 amide bonds. The van der Waals surface area contributed by atoms with Gasteiger partial charge in [0.1, 0.15) is 17.8 Å². The molecule has 0 aromatic heterocycles. The van der Waals surface area contributed by atoms with E-state index in [4.69, 9.17) is 14.2 Å². The number of hydrogen-bond acceptors (Lipinski definition) is 8. The minimum Gasteiger partial charge on any atom is -0.455 e. The molecule has 2 rings (SSSR count). The largest absolute Gasteiger partial charge is 0.455 e. The molecule has 0 saturated carbocycles. The summed E-state index contributed by atoms with van der Waals surface area (Å²) in [5.41, 5.74) is -0.535. The van der Waals surface area contributed by atoms with Gasteiger partial charge in [0.15, 0.2) is 0 Å². The first kappa shape index (κ1) is 34.2. The van der Waals surface area contributed by atoms with E-state index < -0.39 is 35.9 Å². The first-order valence-corrected chi connectivity index (χ1v) is 14.5. The van der Waals surface area contributed by atoms with E-state index in [9.17, 15) is 24.9 Å². The molecular weight excluding hydrogens is 514 g/mol. The molecule has 228 valence electrons. The van der Waals surface area contributed by atoms with Crippen molar-refractivity contribution < 1.29 is 39.1 Å². The lowest BCUT2D eigenvalue weighted by molar-refractivity contribution is -0.156. The number of amides is 1. The van der Waals surface area contributed by atoms with E-state index in [-0.39, 0.29) is 61.2 Å². The standard InChI is InChI=1S/C31H51NO8/c1-9-24(38-8)21(5)29-30(40-29)28(36)20(4)12-10-11-18(2)27-19(3)13-14-25(39-22(6)33)31(7,37)16-15-23(34)17-26(35)32-27/h10-14,19-21,23-25,27-30,34,36-37H,9,15-17H2,1-8H3,(H,32,35)/b12-10+,14-13+,18-11+/t19-,20?,21?,23?,24?,25?,27+,28?,29?,30?,31?/m0/s1. The number of carbonyl (C=O) groups is 2. The number of nitrogens with one attached hydrogen (secondary N) is 1. The van der Waals surface area contributed by atoms with Crippen LogP contribution in [0, 0.1) is 17.8 Å². The Labute approximate surface area is 239 Å². The molecule has 2 aliphatic heterocycles. The summed E-state index contributed by atoms with van der Waals surface area (Å²) in [5.74, 6) is -0.980. The molecule has 0 bridgehead atoms. The fraction of sp³-hybridized carbons (Fsp3) is 0.742. The lowest BCUT2D eigenvalue weighted by atomic mass is 9.87. The van der Waals surface area contributed by atoms with Crippen LogP contribution in [0.15, 0.2) is 36.0 Å². The second-order valence-corrected chi connectivity index (χ2v) is 11.8. The number of hydrogen-bond donors (Lipinski definition) is 4. The van der Waals surface area contributed by atoms with E-state index in [2.05, 4.69) is 19.2 Å². The molecule has 0 aromatic carbocycles. The molecule has 0 spiro atoms. The molecule has 0 aliphatic carbocycles. The van der Waals surface area contributed by atoms with Gasteiger partial charge in [-0.15, -0.1) is 0 Å². The van der Waals surface area contributed by atoms with Gasteiger partial charge in [-0.1, -0.05) is 57.6 Å². The van der Waals surface area contributed by atoms with E-state index in [1.165, 1.54) is 6.92 Å². The Morgan fingerprint density at radius 1 is 1.27 bits per heavy atom. The predicted octanol–water partition coefficient (Wildman–Crippen LogP) is 3.22. The molecule has 9 heteroatoms. The molecule has 2 aliphatic rings. The highest BCUT2D eigenvalue weighted by atomic mass is 16.6. The van der Waals surface area contributed by atoms with Crippen molar-refractivity contribution >= 4 is 11.9 Å². The number of aliphatic hydroxyl groups excluding tert-OH is 2. The van der Waals surface area contributed by atoms with Crippen LogP contribution in [0.2, 0.25) is 0 Å². The Bertz CT molecular complexity index is 924. The Morgan fingerprint density at radius 3 is 2.55 bits per heavy atom. The second-order valence-electron chi connectivity index (χ2n) is 11.8. The van der Waals surface area contributed by atoms with Crippen molar-refractivity contribution in [3.63, 3.8) is 0 Å². The van der Waals surface area contributed by atoms with Crippen LogP contribution in [-0.2, 0) is 23.8 Å². The molecule has 9 nitrogen and oxygen atoms in total. The molecule has 11 atom stereocenters. The van der Waals surface area contributed by atoms with E-state index >= 15 is 0 Å². The molecule has 1 saturated heterocycles. The van der Waals surface area contributed by atoms with Gasteiger partial charge < -0.3 is 34.8 Å². The lowest BCUT2D eigenvalue weighted by Gasteiger charge is -2.32. The first-order valence-electron chi connectivity index (χ1n) is 14.5. The van der Waals surface area contributed by atoms with Crippen molar-refractivity contribution in [2.75, 3.05) is 7.11 Å². The predicted molar refractivity (Wildman–Crippen MR) is 153 cm³/mol. The van der Waals surface area contributed by atoms with Gasteiger partial charge in [-0.2, -0.15) is 0 Å². The van der Waals surface area contributed by atoms with Crippen LogP contribution in [0.1, 0.15) is 74.1 Å². The Balaban J connectivity index is 2.16. The van der Waals surface area contributed by atoms with Crippen molar-refractivity contribution in [2.24, 2.45) is 17.8 Å². The van der Waals surface area contributed by atoms with Gasteiger partial charge in [0.05, 0.1) is 36.9 Å². The van der Waals surface area contributed by atoms with Crippen molar-refractivity contribution in [3.8, 4) is 0 Å². The number of allylic oxidation sites excluding steroid dienone is 2. The van der Waals surface area contributed by atoms with Crippen LogP contribution in [0.4, 0.5) is 0 Å². The highest BCUT2D eigenvalue weighted by Gasteiger charge is 2.50. The molecule has 0 radical (unpaired) electrons. The highest BCUT2D eigenvalue weighted by molar-refractivity contribution is 5.77. The van der Waals surface area contributed by atoms with E-state index in [1.807, 2.05) is 45.1 Å².